The van der Waals surface area contributed by atoms with Crippen LogP contribution in [0.5, 0.6) is 11.5 Å². The number of rotatable bonds is 25. The molecule has 0 spiro atoms. The van der Waals surface area contributed by atoms with Crippen molar-refractivity contribution in [1.29, 1.82) is 10.5 Å². The Hall–Kier alpha value is -6.45. The molecule has 2 heterocycles. The molecule has 0 fully saturated rings. The summed E-state index contributed by atoms with van der Waals surface area (Å²) in [6.07, 6.45) is 7.62. The average molecular weight is 822 g/mol. The van der Waals surface area contributed by atoms with Crippen LogP contribution in [0.3, 0.4) is 0 Å². The molecule has 0 unspecified atom stereocenters. The van der Waals surface area contributed by atoms with Crippen LogP contribution in [-0.2, 0) is 35.1 Å². The zero-order valence-corrected chi connectivity index (χ0v) is 34.6. The van der Waals surface area contributed by atoms with Crippen molar-refractivity contribution in [3.05, 3.63) is 41.7 Å². The second-order valence-electron chi connectivity index (χ2n) is 14.1. The fourth-order valence-electron chi connectivity index (χ4n) is 4.92. The molecule has 0 aliphatic carbocycles. The molecule has 2 amide bonds. The average Bonchev–Trinajstić information content (AvgIpc) is 3.18. The number of amides is 2. The molecule has 21 nitrogen and oxygen atoms in total. The zero-order valence-electron chi connectivity index (χ0n) is 34.6. The molecule has 59 heavy (non-hydrogen) atoms. The first-order valence-electron chi connectivity index (χ1n) is 18.7. The summed E-state index contributed by atoms with van der Waals surface area (Å²) in [5.41, 5.74) is 9.78. The number of carbonyl (C=O) groups excluding carboxylic acids is 4. The number of aryl methyl sites for hydroxylation is 2. The minimum absolute atomic E-state index is 0.0601. The highest BCUT2D eigenvalue weighted by Crippen LogP contribution is 2.18. The maximum absolute atomic E-state index is 13.5. The van der Waals surface area contributed by atoms with Gasteiger partial charge in [0.2, 0.25) is 11.9 Å². The van der Waals surface area contributed by atoms with Gasteiger partial charge in [-0.2, -0.15) is 10.5 Å². The predicted octanol–water partition coefficient (Wildman–Crippen LogP) is 0.148. The maximum Gasteiger partial charge on any atom is 0.252 e. The van der Waals surface area contributed by atoms with E-state index in [0.717, 1.165) is 0 Å². The lowest BCUT2D eigenvalue weighted by atomic mass is 10.0. The van der Waals surface area contributed by atoms with Gasteiger partial charge < -0.3 is 41.0 Å². The second kappa shape index (κ2) is 24.4. The Morgan fingerprint density at radius 2 is 1.29 bits per heavy atom. The number of aromatic nitrogens is 3. The van der Waals surface area contributed by atoms with Crippen molar-refractivity contribution >= 4 is 35.3 Å². The van der Waals surface area contributed by atoms with Gasteiger partial charge in [-0.15, -0.1) is 0 Å². The Balaban J connectivity index is 2.06. The van der Waals surface area contributed by atoms with E-state index in [1.807, 2.05) is 0 Å². The molecule has 2 aromatic heterocycles. The van der Waals surface area contributed by atoms with Gasteiger partial charge in [-0.1, -0.05) is 0 Å². The van der Waals surface area contributed by atoms with E-state index >= 15 is 0 Å². The number of nitriles is 2. The van der Waals surface area contributed by atoms with Crippen molar-refractivity contribution < 1.29 is 38.1 Å². The van der Waals surface area contributed by atoms with Crippen LogP contribution >= 0.6 is 0 Å². The lowest BCUT2D eigenvalue weighted by Crippen LogP contribution is -2.52. The Bertz CT molecular complexity index is 1870. The van der Waals surface area contributed by atoms with Crippen LogP contribution in [-0.4, -0.2) is 114 Å². The first kappa shape index (κ1) is 48.7. The number of aliphatic imine (C=N–C) groups is 2. The fourth-order valence-corrected chi connectivity index (χ4v) is 4.92. The monoisotopic (exact) mass is 821 g/mol. The van der Waals surface area contributed by atoms with Crippen LogP contribution in [0.2, 0.25) is 0 Å². The molecule has 21 heteroatoms. The first-order valence-corrected chi connectivity index (χ1v) is 18.7. The zero-order chi connectivity index (χ0) is 44.0. The fraction of sp³-hybridized carbons (Fsp3) is 0.553. The molecule has 0 saturated heterocycles. The van der Waals surface area contributed by atoms with E-state index in [-0.39, 0.29) is 69.8 Å². The Morgan fingerprint density at radius 3 is 1.78 bits per heavy atom. The van der Waals surface area contributed by atoms with Crippen molar-refractivity contribution in [2.24, 2.45) is 21.5 Å². The maximum atomic E-state index is 13.5. The van der Waals surface area contributed by atoms with E-state index in [9.17, 15) is 19.2 Å². The van der Waals surface area contributed by atoms with Crippen molar-refractivity contribution in [2.75, 3.05) is 40.0 Å². The van der Waals surface area contributed by atoms with Gasteiger partial charge in [-0.25, -0.2) is 9.97 Å². The van der Waals surface area contributed by atoms with E-state index in [2.05, 4.69) is 46.2 Å². The van der Waals surface area contributed by atoms with Crippen LogP contribution in [0.4, 0.5) is 0 Å². The summed E-state index contributed by atoms with van der Waals surface area (Å²) < 4.78 is 22.7. The molecular weight excluding hydrogens is 767 g/mol. The molecule has 0 radical (unpaired) electrons. The van der Waals surface area contributed by atoms with Crippen molar-refractivity contribution in [1.82, 2.24) is 36.2 Å². The highest BCUT2D eigenvalue weighted by Gasteiger charge is 2.33. The summed E-state index contributed by atoms with van der Waals surface area (Å²) in [7, 11) is 1.39. The highest BCUT2D eigenvalue weighted by atomic mass is 16.5. The lowest BCUT2D eigenvalue weighted by Gasteiger charge is -2.27. The molecular formula is C38H55N13O8. The molecule has 2 atom stereocenters. The number of nitrogens with zero attached hydrogens (tertiary/aromatic N) is 7. The van der Waals surface area contributed by atoms with Gasteiger partial charge in [0.15, 0.2) is 29.7 Å². The number of carbonyl (C=O) groups is 4. The number of pyridine rings is 1. The van der Waals surface area contributed by atoms with Gasteiger partial charge in [-0.3, -0.25) is 44.8 Å². The summed E-state index contributed by atoms with van der Waals surface area (Å²) in [5, 5.41) is 27.3. The van der Waals surface area contributed by atoms with E-state index in [1.54, 1.807) is 66.1 Å². The number of Topliss-reactive ketones (excluding diaryl/α,β-unsaturated/α-hetero) is 2. The first-order chi connectivity index (χ1) is 27.9. The smallest absolute Gasteiger partial charge is 0.252 e. The topological polar surface area (TPSA) is 316 Å². The van der Waals surface area contributed by atoms with Crippen LogP contribution < -0.4 is 42.2 Å². The lowest BCUT2D eigenvalue weighted by molar-refractivity contribution is -0.145. The Kier molecular flexibility index (Phi) is 20.1. The van der Waals surface area contributed by atoms with E-state index in [0.29, 0.717) is 35.8 Å². The molecule has 0 saturated carbocycles. The summed E-state index contributed by atoms with van der Waals surface area (Å²) in [4.78, 5) is 73.6. The third-order valence-corrected chi connectivity index (χ3v) is 8.55. The van der Waals surface area contributed by atoms with Crippen LogP contribution in [0.25, 0.3) is 0 Å². The number of guanidine groups is 2. The van der Waals surface area contributed by atoms with Gasteiger partial charge in [0.25, 0.3) is 11.8 Å². The van der Waals surface area contributed by atoms with E-state index in [4.69, 9.17) is 40.9 Å². The van der Waals surface area contributed by atoms with Gasteiger partial charge in [0, 0.05) is 50.1 Å². The predicted molar refractivity (Wildman–Crippen MR) is 214 cm³/mol. The summed E-state index contributed by atoms with van der Waals surface area (Å²) >= 11 is 0. The number of nitrogens with two attached hydrogens (primary N) is 2. The molecule has 0 bridgehead atoms. The quantitative estimate of drug-likeness (QED) is 0.0255. The third kappa shape index (κ3) is 18.1. The number of hydrogen-bond donors (Lipinski definition) is 6. The van der Waals surface area contributed by atoms with Gasteiger partial charge >= 0.3 is 0 Å². The standard InChI is InChI=1S/C38H55N13O8/c1-24-16-27(57-20-31(52)29(50-33(54)37(3,4)56-7)10-8-13-43-35(41)47-22-39)17-26(49-24)12-15-59-38(5,6)34(55)51-30(11-9-14-44-36(42)48-23-40)32(53)21-58-28-18-45-25(2)46-19-28/h16-19,29-30H,8-15,20-21H2,1-7H3,(H,50,54)(H,51,55)(H3,41,43,47)(H3,42,44,48)/t29-,30-/m0/s1. The molecule has 320 valence electrons. The van der Waals surface area contributed by atoms with Crippen molar-refractivity contribution in [3.63, 3.8) is 0 Å². The summed E-state index contributed by atoms with van der Waals surface area (Å²) in [5.74, 6) is -0.791. The number of nitrogens with one attached hydrogen (secondary N) is 4. The molecule has 2 rings (SSSR count). The van der Waals surface area contributed by atoms with Crippen LogP contribution in [0.15, 0.2) is 34.5 Å². The van der Waals surface area contributed by atoms with E-state index < -0.39 is 46.7 Å². The minimum atomic E-state index is -1.38. The summed E-state index contributed by atoms with van der Waals surface area (Å²) in [6.45, 7) is 9.48. The van der Waals surface area contributed by atoms with Crippen molar-refractivity contribution in [2.45, 2.75) is 96.9 Å². The largest absolute Gasteiger partial charge is 0.486 e. The van der Waals surface area contributed by atoms with Crippen LogP contribution in [0.1, 0.15) is 70.6 Å². The van der Waals surface area contributed by atoms with Gasteiger partial charge in [0.05, 0.1) is 31.1 Å². The van der Waals surface area contributed by atoms with Gasteiger partial charge in [-0.05, 0) is 67.2 Å². The van der Waals surface area contributed by atoms with Crippen LogP contribution in [0, 0.1) is 36.8 Å². The molecule has 0 aliphatic rings. The minimum Gasteiger partial charge on any atom is -0.486 e. The Morgan fingerprint density at radius 1 is 0.797 bits per heavy atom. The number of ether oxygens (including phenoxy) is 4. The number of ketones is 2. The molecule has 0 aliphatic heterocycles. The van der Waals surface area contributed by atoms with Crippen molar-refractivity contribution in [3.8, 4) is 23.9 Å². The van der Waals surface area contributed by atoms with Gasteiger partial charge in [0.1, 0.15) is 36.0 Å². The normalized spacial score (nSPS) is 12.9. The molecule has 8 N–H and O–H groups in total. The number of methoxy groups -OCH3 is 1. The third-order valence-electron chi connectivity index (χ3n) is 8.55. The SMILES string of the molecule is COC(C)(C)C(=O)N[C@@H](CCCN=C(N)NC#N)C(=O)COc1cc(C)nc(CCOC(C)(C)C(=O)N[C@@H](CCCN=C(N)NC#N)C(=O)COc2cnc(C)nc2)c1. The number of hydrogen-bond acceptors (Lipinski definition) is 15. The second-order valence-corrected chi connectivity index (χ2v) is 14.1. The van der Waals surface area contributed by atoms with E-state index in [1.165, 1.54) is 19.5 Å². The summed E-state index contributed by atoms with van der Waals surface area (Å²) in [6, 6.07) is 1.41. The highest BCUT2D eigenvalue weighted by molar-refractivity contribution is 5.93. The molecule has 2 aromatic rings. The molecule has 0 aromatic carbocycles. The Labute approximate surface area is 343 Å².